The first-order chi connectivity index (χ1) is 11.1. The van der Waals surface area contributed by atoms with Crippen molar-refractivity contribution in [2.75, 3.05) is 21.3 Å². The molecule has 0 heterocycles. The summed E-state index contributed by atoms with van der Waals surface area (Å²) >= 11 is 3.34. The number of esters is 1. The van der Waals surface area contributed by atoms with Gasteiger partial charge in [-0.3, -0.25) is 4.79 Å². The van der Waals surface area contributed by atoms with Gasteiger partial charge in [0.1, 0.15) is 5.75 Å². The lowest BCUT2D eigenvalue weighted by atomic mass is 10.1. The molecule has 0 aliphatic rings. The molecule has 0 aliphatic carbocycles. The molecule has 0 fully saturated rings. The molecule has 0 bridgehead atoms. The van der Waals surface area contributed by atoms with Crippen molar-refractivity contribution in [1.29, 1.82) is 0 Å². The zero-order valence-electron chi connectivity index (χ0n) is 13.1. The smallest absolute Gasteiger partial charge is 0.315 e. The Hall–Kier alpha value is -2.21. The number of carbonyl (C=O) groups excluding carboxylic acids is 1. The Morgan fingerprint density at radius 2 is 1.57 bits per heavy atom. The van der Waals surface area contributed by atoms with Crippen LogP contribution in [0.4, 0.5) is 0 Å². The summed E-state index contributed by atoms with van der Waals surface area (Å²) in [5.74, 6) is 1.57. The predicted octanol–water partition coefficient (Wildman–Crippen LogP) is 3.62. The highest BCUT2D eigenvalue weighted by Crippen LogP contribution is 2.38. The van der Waals surface area contributed by atoms with Crippen molar-refractivity contribution in [2.45, 2.75) is 6.42 Å². The summed E-state index contributed by atoms with van der Waals surface area (Å²) in [5, 5.41) is 0. The van der Waals surface area contributed by atoms with E-state index >= 15 is 0 Å². The number of methoxy groups -OCH3 is 3. The molecule has 0 saturated heterocycles. The third-order valence-electron chi connectivity index (χ3n) is 3.13. The molecule has 5 nitrogen and oxygen atoms in total. The minimum absolute atomic E-state index is 0.0814. The molecule has 0 spiro atoms. The largest absolute Gasteiger partial charge is 0.493 e. The van der Waals surface area contributed by atoms with Crippen LogP contribution in [0.5, 0.6) is 23.0 Å². The standard InChI is InChI=1S/C17H17BrO5/c1-20-14-8-11(9-15(21-2)17(14)22-3)10-16(19)23-13-7-5-4-6-12(13)18/h4-9H,10H2,1-3H3. The Balaban J connectivity index is 2.19. The van der Waals surface area contributed by atoms with E-state index in [0.717, 1.165) is 4.47 Å². The van der Waals surface area contributed by atoms with E-state index in [-0.39, 0.29) is 12.4 Å². The van der Waals surface area contributed by atoms with Crippen LogP contribution in [0, 0.1) is 0 Å². The van der Waals surface area contributed by atoms with Crippen LogP contribution in [-0.4, -0.2) is 27.3 Å². The summed E-state index contributed by atoms with van der Waals surface area (Å²) in [6, 6.07) is 10.6. The molecule has 0 saturated carbocycles. The Kier molecular flexibility index (Phi) is 5.87. The van der Waals surface area contributed by atoms with Crippen LogP contribution in [0.3, 0.4) is 0 Å². The lowest BCUT2D eigenvalue weighted by Crippen LogP contribution is -2.12. The van der Waals surface area contributed by atoms with Crippen molar-refractivity contribution in [1.82, 2.24) is 0 Å². The van der Waals surface area contributed by atoms with Gasteiger partial charge in [-0.2, -0.15) is 0 Å². The van der Waals surface area contributed by atoms with E-state index in [1.807, 2.05) is 12.1 Å². The fourth-order valence-corrected chi connectivity index (χ4v) is 2.46. The van der Waals surface area contributed by atoms with E-state index in [9.17, 15) is 4.79 Å². The van der Waals surface area contributed by atoms with Gasteiger partial charge < -0.3 is 18.9 Å². The summed E-state index contributed by atoms with van der Waals surface area (Å²) in [7, 11) is 4.59. The summed E-state index contributed by atoms with van der Waals surface area (Å²) in [4.78, 5) is 12.1. The van der Waals surface area contributed by atoms with Gasteiger partial charge in [0.05, 0.1) is 32.2 Å². The minimum atomic E-state index is -0.383. The Bertz CT molecular complexity index is 674. The number of halogens is 1. The molecular formula is C17H17BrO5. The summed E-state index contributed by atoms with van der Waals surface area (Å²) in [5.41, 5.74) is 0.705. The van der Waals surface area contributed by atoms with E-state index in [4.69, 9.17) is 18.9 Å². The van der Waals surface area contributed by atoms with Crippen molar-refractivity contribution in [2.24, 2.45) is 0 Å². The maximum atomic E-state index is 12.1. The summed E-state index contributed by atoms with van der Waals surface area (Å²) < 4.78 is 21.9. The first-order valence-electron chi connectivity index (χ1n) is 6.83. The van der Waals surface area contributed by atoms with Gasteiger partial charge in [-0.1, -0.05) is 12.1 Å². The molecule has 0 aromatic heterocycles. The van der Waals surface area contributed by atoms with Gasteiger partial charge in [0, 0.05) is 0 Å². The van der Waals surface area contributed by atoms with Gasteiger partial charge >= 0.3 is 5.97 Å². The van der Waals surface area contributed by atoms with Crippen LogP contribution in [0.25, 0.3) is 0 Å². The van der Waals surface area contributed by atoms with Crippen LogP contribution in [0.1, 0.15) is 5.56 Å². The average Bonchev–Trinajstić information content (AvgIpc) is 2.55. The lowest BCUT2D eigenvalue weighted by Gasteiger charge is -2.14. The third-order valence-corrected chi connectivity index (χ3v) is 3.79. The van der Waals surface area contributed by atoms with Crippen LogP contribution in [0.15, 0.2) is 40.9 Å². The van der Waals surface area contributed by atoms with Gasteiger partial charge in [-0.15, -0.1) is 0 Å². The maximum Gasteiger partial charge on any atom is 0.315 e. The molecule has 6 heteroatoms. The van der Waals surface area contributed by atoms with E-state index in [0.29, 0.717) is 28.6 Å². The number of ether oxygens (including phenoxy) is 4. The van der Waals surface area contributed by atoms with Crippen LogP contribution < -0.4 is 18.9 Å². The minimum Gasteiger partial charge on any atom is -0.493 e. The predicted molar refractivity (Wildman–Crippen MR) is 89.6 cm³/mol. The van der Waals surface area contributed by atoms with Crippen molar-refractivity contribution >= 4 is 21.9 Å². The van der Waals surface area contributed by atoms with Gasteiger partial charge in [-0.25, -0.2) is 0 Å². The molecule has 0 radical (unpaired) electrons. The molecule has 2 aromatic rings. The summed E-state index contributed by atoms with van der Waals surface area (Å²) in [6.45, 7) is 0. The monoisotopic (exact) mass is 380 g/mol. The second-order valence-corrected chi connectivity index (χ2v) is 5.47. The number of rotatable bonds is 6. The quantitative estimate of drug-likeness (QED) is 0.565. The van der Waals surface area contributed by atoms with E-state index in [1.54, 1.807) is 24.3 Å². The molecule has 2 aromatic carbocycles. The SMILES string of the molecule is COc1cc(CC(=O)Oc2ccccc2Br)cc(OC)c1OC. The fourth-order valence-electron chi connectivity index (χ4n) is 2.09. The van der Waals surface area contributed by atoms with E-state index in [2.05, 4.69) is 15.9 Å². The van der Waals surface area contributed by atoms with Crippen molar-refractivity contribution in [3.05, 3.63) is 46.4 Å². The second kappa shape index (κ2) is 7.87. The van der Waals surface area contributed by atoms with Gasteiger partial charge in [0.25, 0.3) is 0 Å². The second-order valence-electron chi connectivity index (χ2n) is 4.61. The van der Waals surface area contributed by atoms with Gasteiger partial charge in [0.2, 0.25) is 5.75 Å². The van der Waals surface area contributed by atoms with Gasteiger partial charge in [0.15, 0.2) is 11.5 Å². The molecule has 23 heavy (non-hydrogen) atoms. The maximum absolute atomic E-state index is 12.1. The number of carbonyl (C=O) groups is 1. The third kappa shape index (κ3) is 4.16. The zero-order valence-corrected chi connectivity index (χ0v) is 14.7. The van der Waals surface area contributed by atoms with E-state index < -0.39 is 0 Å². The normalized spacial score (nSPS) is 10.1. The van der Waals surface area contributed by atoms with Crippen molar-refractivity contribution in [3.63, 3.8) is 0 Å². The average molecular weight is 381 g/mol. The first-order valence-corrected chi connectivity index (χ1v) is 7.62. The van der Waals surface area contributed by atoms with Crippen LogP contribution >= 0.6 is 15.9 Å². The molecule has 0 aliphatic heterocycles. The van der Waals surface area contributed by atoms with Crippen molar-refractivity contribution < 1.29 is 23.7 Å². The van der Waals surface area contributed by atoms with Gasteiger partial charge in [-0.05, 0) is 45.8 Å². The Morgan fingerprint density at radius 3 is 2.09 bits per heavy atom. The topological polar surface area (TPSA) is 54.0 Å². The zero-order chi connectivity index (χ0) is 16.8. The van der Waals surface area contributed by atoms with Crippen molar-refractivity contribution in [3.8, 4) is 23.0 Å². The number of hydrogen-bond donors (Lipinski definition) is 0. The fraction of sp³-hybridized carbons (Fsp3) is 0.235. The Labute approximate surface area is 143 Å². The van der Waals surface area contributed by atoms with Crippen LogP contribution in [-0.2, 0) is 11.2 Å². The molecule has 0 unspecified atom stereocenters. The molecule has 0 N–H and O–H groups in total. The summed E-state index contributed by atoms with van der Waals surface area (Å²) in [6.07, 6.45) is 0.0814. The number of benzene rings is 2. The first kappa shape index (κ1) is 17.1. The molecule has 2 rings (SSSR count). The van der Waals surface area contributed by atoms with Crippen LogP contribution in [0.2, 0.25) is 0 Å². The van der Waals surface area contributed by atoms with E-state index in [1.165, 1.54) is 21.3 Å². The Morgan fingerprint density at radius 1 is 0.957 bits per heavy atom. The molecule has 0 amide bonds. The number of hydrogen-bond acceptors (Lipinski definition) is 5. The highest BCUT2D eigenvalue weighted by atomic mass is 79.9. The highest BCUT2D eigenvalue weighted by Gasteiger charge is 2.16. The highest BCUT2D eigenvalue weighted by molar-refractivity contribution is 9.10. The molecular weight excluding hydrogens is 364 g/mol. The molecule has 0 atom stereocenters. The number of para-hydroxylation sites is 1. The lowest BCUT2D eigenvalue weighted by molar-refractivity contribution is -0.133. The molecule has 122 valence electrons.